The van der Waals surface area contributed by atoms with Crippen molar-refractivity contribution in [2.24, 2.45) is 0 Å². The topological polar surface area (TPSA) is 96.6 Å². The fraction of sp³-hybridized carbons (Fsp3) is 0.500. The second-order valence-electron chi connectivity index (χ2n) is 4.42. The van der Waals surface area contributed by atoms with Crippen molar-refractivity contribution in [3.63, 3.8) is 0 Å². The predicted molar refractivity (Wildman–Crippen MR) is 68.4 cm³/mol. The summed E-state index contributed by atoms with van der Waals surface area (Å²) in [7, 11) is -0.772. The monoisotopic (exact) mass is 285 g/mol. The second kappa shape index (κ2) is 6.01. The van der Waals surface area contributed by atoms with Crippen LogP contribution in [0.3, 0.4) is 0 Å². The van der Waals surface area contributed by atoms with Gasteiger partial charge in [-0.25, -0.2) is 0 Å². The zero-order valence-electron chi connectivity index (χ0n) is 10.3. The Morgan fingerprint density at radius 3 is 2.74 bits per heavy atom. The molecule has 1 fully saturated rings. The highest BCUT2D eigenvalue weighted by Crippen LogP contribution is 2.14. The zero-order valence-corrected chi connectivity index (χ0v) is 11.1. The maximum atomic E-state index is 12.0. The van der Waals surface area contributed by atoms with Crippen LogP contribution in [0.1, 0.15) is 29.0 Å². The van der Waals surface area contributed by atoms with Crippen molar-refractivity contribution in [1.29, 1.82) is 0 Å². The number of aliphatic carboxylic acids is 1. The van der Waals surface area contributed by atoms with E-state index in [1.807, 2.05) is 0 Å². The summed E-state index contributed by atoms with van der Waals surface area (Å²) in [6, 6.07) is 1.46. The van der Waals surface area contributed by atoms with Gasteiger partial charge in [-0.15, -0.1) is 0 Å². The Hall–Kier alpha value is -1.63. The SMILES string of the molecule is O=C(O)Cc1occc1C(=O)NC1CCS(=O)CC1. The average molecular weight is 285 g/mol. The quantitative estimate of drug-likeness (QED) is 0.842. The summed E-state index contributed by atoms with van der Waals surface area (Å²) in [6.45, 7) is 0. The van der Waals surface area contributed by atoms with E-state index in [0.29, 0.717) is 24.3 Å². The molecule has 0 spiro atoms. The lowest BCUT2D eigenvalue weighted by molar-refractivity contribution is -0.136. The molecule has 19 heavy (non-hydrogen) atoms. The standard InChI is InChI=1S/C12H15NO5S/c14-11(15)7-10-9(1-4-18-10)12(16)13-8-2-5-19(17)6-3-8/h1,4,8H,2-3,5-7H2,(H,13,16)(H,14,15). The van der Waals surface area contributed by atoms with Gasteiger partial charge in [0.25, 0.3) is 5.91 Å². The molecule has 0 saturated carbocycles. The van der Waals surface area contributed by atoms with Crippen molar-refractivity contribution in [2.75, 3.05) is 11.5 Å². The number of carbonyl (C=O) groups is 2. The summed E-state index contributed by atoms with van der Waals surface area (Å²) in [5.41, 5.74) is 0.258. The number of rotatable bonds is 4. The number of furan rings is 1. The van der Waals surface area contributed by atoms with Crippen molar-refractivity contribution >= 4 is 22.7 Å². The molecule has 6 nitrogen and oxygen atoms in total. The first-order chi connectivity index (χ1) is 9.06. The van der Waals surface area contributed by atoms with E-state index in [0.717, 1.165) is 0 Å². The maximum Gasteiger partial charge on any atom is 0.311 e. The van der Waals surface area contributed by atoms with Gasteiger partial charge in [0.2, 0.25) is 0 Å². The van der Waals surface area contributed by atoms with Crippen LogP contribution in [0.5, 0.6) is 0 Å². The van der Waals surface area contributed by atoms with Crippen molar-refractivity contribution in [3.05, 3.63) is 23.7 Å². The number of carbonyl (C=O) groups excluding carboxylic acids is 1. The minimum Gasteiger partial charge on any atom is -0.481 e. The first-order valence-corrected chi connectivity index (χ1v) is 7.49. The van der Waals surface area contributed by atoms with E-state index in [1.54, 1.807) is 0 Å². The highest BCUT2D eigenvalue weighted by Gasteiger charge is 2.23. The molecular formula is C12H15NO5S. The van der Waals surface area contributed by atoms with Crippen molar-refractivity contribution in [3.8, 4) is 0 Å². The van der Waals surface area contributed by atoms with E-state index >= 15 is 0 Å². The molecule has 0 aromatic carbocycles. The Balaban J connectivity index is 1.98. The van der Waals surface area contributed by atoms with Gasteiger partial charge in [0.15, 0.2) is 0 Å². The van der Waals surface area contributed by atoms with Crippen LogP contribution in [0.15, 0.2) is 16.7 Å². The Kier molecular flexibility index (Phi) is 4.36. The van der Waals surface area contributed by atoms with E-state index in [1.165, 1.54) is 12.3 Å². The molecule has 1 aliphatic heterocycles. The first-order valence-electron chi connectivity index (χ1n) is 6.00. The molecule has 2 heterocycles. The van der Waals surface area contributed by atoms with Crippen LogP contribution in [0.25, 0.3) is 0 Å². The Morgan fingerprint density at radius 2 is 2.11 bits per heavy atom. The lowest BCUT2D eigenvalue weighted by atomic mass is 10.1. The van der Waals surface area contributed by atoms with Crippen LogP contribution < -0.4 is 5.32 Å². The predicted octanol–water partition coefficient (Wildman–Crippen LogP) is 0.548. The zero-order chi connectivity index (χ0) is 13.8. The fourth-order valence-electron chi connectivity index (χ4n) is 2.02. The van der Waals surface area contributed by atoms with E-state index in [9.17, 15) is 13.8 Å². The summed E-state index contributed by atoms with van der Waals surface area (Å²) in [4.78, 5) is 22.7. The fourth-order valence-corrected chi connectivity index (χ4v) is 3.32. The molecule has 1 saturated heterocycles. The molecule has 7 heteroatoms. The number of hydrogen-bond donors (Lipinski definition) is 2. The highest BCUT2D eigenvalue weighted by molar-refractivity contribution is 7.85. The van der Waals surface area contributed by atoms with Crippen LogP contribution in [-0.4, -0.2) is 38.7 Å². The number of nitrogens with one attached hydrogen (secondary N) is 1. The molecule has 1 aromatic heterocycles. The molecule has 0 atom stereocenters. The summed E-state index contributed by atoms with van der Waals surface area (Å²) < 4.78 is 16.2. The van der Waals surface area contributed by atoms with Crippen LogP contribution >= 0.6 is 0 Å². The molecule has 2 N–H and O–H groups in total. The minimum absolute atomic E-state index is 0.00206. The molecular weight excluding hydrogens is 270 g/mol. The maximum absolute atomic E-state index is 12.0. The van der Waals surface area contributed by atoms with Gasteiger partial charge in [-0.2, -0.15) is 0 Å². The lowest BCUT2D eigenvalue weighted by Crippen LogP contribution is -2.39. The summed E-state index contributed by atoms with van der Waals surface area (Å²) in [5, 5.41) is 11.5. The number of carboxylic acid groups (broad SMARTS) is 1. The van der Waals surface area contributed by atoms with Crippen LogP contribution in [0.4, 0.5) is 0 Å². The third-order valence-electron chi connectivity index (χ3n) is 3.03. The molecule has 0 aliphatic carbocycles. The van der Waals surface area contributed by atoms with E-state index in [2.05, 4.69) is 5.32 Å². The molecule has 104 valence electrons. The summed E-state index contributed by atoms with van der Waals surface area (Å²) in [5.74, 6) is -0.0273. The average Bonchev–Trinajstić information content (AvgIpc) is 2.79. The molecule has 0 unspecified atom stereocenters. The van der Waals surface area contributed by atoms with Gasteiger partial charge in [-0.1, -0.05) is 0 Å². The smallest absolute Gasteiger partial charge is 0.311 e. The van der Waals surface area contributed by atoms with Gasteiger partial charge in [-0.05, 0) is 18.9 Å². The van der Waals surface area contributed by atoms with Crippen molar-refractivity contribution in [1.82, 2.24) is 5.32 Å². The van der Waals surface area contributed by atoms with Crippen molar-refractivity contribution < 1.29 is 23.3 Å². The number of amides is 1. The van der Waals surface area contributed by atoms with Gasteiger partial charge in [-0.3, -0.25) is 13.8 Å². The van der Waals surface area contributed by atoms with E-state index < -0.39 is 16.8 Å². The van der Waals surface area contributed by atoms with Crippen LogP contribution in [0.2, 0.25) is 0 Å². The minimum atomic E-state index is -1.04. The van der Waals surface area contributed by atoms with Gasteiger partial charge >= 0.3 is 5.97 Å². The van der Waals surface area contributed by atoms with Crippen LogP contribution in [-0.2, 0) is 22.0 Å². The van der Waals surface area contributed by atoms with Gasteiger partial charge in [0, 0.05) is 28.3 Å². The normalized spacial score (nSPS) is 22.9. The molecule has 2 rings (SSSR count). The van der Waals surface area contributed by atoms with Crippen LogP contribution in [0, 0.1) is 0 Å². The molecule has 0 radical (unpaired) electrons. The Morgan fingerprint density at radius 1 is 1.42 bits per heavy atom. The molecule has 1 aromatic rings. The third kappa shape index (κ3) is 3.66. The Bertz CT molecular complexity index is 500. The molecule has 1 amide bonds. The van der Waals surface area contributed by atoms with Gasteiger partial charge < -0.3 is 14.8 Å². The number of hydrogen-bond acceptors (Lipinski definition) is 4. The second-order valence-corrected chi connectivity index (χ2v) is 6.12. The highest BCUT2D eigenvalue weighted by atomic mass is 32.2. The third-order valence-corrected chi connectivity index (χ3v) is 4.41. The Labute approximate surface area is 112 Å². The number of carboxylic acids is 1. The summed E-state index contributed by atoms with van der Waals surface area (Å²) >= 11 is 0. The van der Waals surface area contributed by atoms with Gasteiger partial charge in [0.05, 0.1) is 11.8 Å². The largest absolute Gasteiger partial charge is 0.481 e. The molecule has 1 aliphatic rings. The lowest BCUT2D eigenvalue weighted by Gasteiger charge is -2.22. The van der Waals surface area contributed by atoms with Gasteiger partial charge in [0.1, 0.15) is 12.2 Å². The first kappa shape index (κ1) is 13.8. The van der Waals surface area contributed by atoms with E-state index in [4.69, 9.17) is 9.52 Å². The van der Waals surface area contributed by atoms with Crippen molar-refractivity contribution in [2.45, 2.75) is 25.3 Å². The molecule has 0 bridgehead atoms. The van der Waals surface area contributed by atoms with E-state index in [-0.39, 0.29) is 29.7 Å². The summed E-state index contributed by atoms with van der Waals surface area (Å²) in [6.07, 6.45) is 2.36.